The Kier molecular flexibility index (Phi) is 4.53. The average molecular weight is 280 g/mol. The van der Waals surface area contributed by atoms with Crippen molar-refractivity contribution in [3.63, 3.8) is 0 Å². The molecule has 0 spiro atoms. The summed E-state index contributed by atoms with van der Waals surface area (Å²) in [7, 11) is 0. The van der Waals surface area contributed by atoms with E-state index in [0.717, 1.165) is 6.07 Å². The minimum Gasteiger partial charge on any atom is -0.394 e. The van der Waals surface area contributed by atoms with Gasteiger partial charge in [0.25, 0.3) is 0 Å². The van der Waals surface area contributed by atoms with Crippen molar-refractivity contribution < 1.29 is 23.4 Å². The van der Waals surface area contributed by atoms with Crippen LogP contribution < -0.4 is 11.1 Å². The molecular formula is C10H15F3N4O2. The Morgan fingerprint density at radius 1 is 1.26 bits per heavy atom. The molecule has 0 aromatic carbocycles. The molecule has 108 valence electrons. The lowest BCUT2D eigenvalue weighted by Crippen LogP contribution is -2.45. The van der Waals surface area contributed by atoms with Crippen LogP contribution >= 0.6 is 0 Å². The van der Waals surface area contributed by atoms with E-state index in [4.69, 9.17) is 5.73 Å². The topological polar surface area (TPSA) is 104 Å². The molecule has 6 nitrogen and oxygen atoms in total. The standard InChI is InChI=1S/C10H15F3N4O2/c1-2-9(4-18,5-19)17-7-3-6(14)15-8(16-7)10(11,12)13/h3,18-19H,2,4-5H2,1H3,(H3,14,15,16,17). The molecule has 1 aromatic heterocycles. The number of hydrogen-bond donors (Lipinski definition) is 4. The van der Waals surface area contributed by atoms with Crippen molar-refractivity contribution in [3.05, 3.63) is 11.9 Å². The van der Waals surface area contributed by atoms with Crippen LogP contribution in [0.5, 0.6) is 0 Å². The number of aromatic nitrogens is 2. The van der Waals surface area contributed by atoms with E-state index >= 15 is 0 Å². The number of anilines is 2. The fourth-order valence-corrected chi connectivity index (χ4v) is 1.37. The van der Waals surface area contributed by atoms with Crippen molar-refractivity contribution in [1.82, 2.24) is 9.97 Å². The van der Waals surface area contributed by atoms with E-state index in [9.17, 15) is 23.4 Å². The first-order valence-electron chi connectivity index (χ1n) is 5.48. The molecule has 0 radical (unpaired) electrons. The molecule has 19 heavy (non-hydrogen) atoms. The molecule has 0 saturated heterocycles. The Hall–Kier alpha value is -1.61. The van der Waals surface area contributed by atoms with Crippen LogP contribution in [0, 0.1) is 0 Å². The van der Waals surface area contributed by atoms with E-state index in [1.54, 1.807) is 6.92 Å². The quantitative estimate of drug-likeness (QED) is 0.630. The Labute approximate surface area is 107 Å². The highest BCUT2D eigenvalue weighted by Crippen LogP contribution is 2.28. The fraction of sp³-hybridized carbons (Fsp3) is 0.600. The summed E-state index contributed by atoms with van der Waals surface area (Å²) in [6.07, 6.45) is -4.44. The van der Waals surface area contributed by atoms with E-state index in [-0.39, 0.29) is 18.1 Å². The monoisotopic (exact) mass is 280 g/mol. The van der Waals surface area contributed by atoms with Crippen molar-refractivity contribution in [3.8, 4) is 0 Å². The zero-order chi connectivity index (χ0) is 14.7. The predicted molar refractivity (Wildman–Crippen MR) is 62.3 cm³/mol. The molecule has 0 bridgehead atoms. The third-order valence-electron chi connectivity index (χ3n) is 2.67. The molecule has 0 atom stereocenters. The number of aliphatic hydroxyl groups is 2. The summed E-state index contributed by atoms with van der Waals surface area (Å²) in [6, 6.07) is 1.10. The van der Waals surface area contributed by atoms with Crippen LogP contribution in [-0.2, 0) is 6.18 Å². The largest absolute Gasteiger partial charge is 0.451 e. The maximum atomic E-state index is 12.5. The Morgan fingerprint density at radius 2 is 1.84 bits per heavy atom. The second-order valence-electron chi connectivity index (χ2n) is 4.07. The summed E-state index contributed by atoms with van der Waals surface area (Å²) >= 11 is 0. The number of alkyl halides is 3. The summed E-state index contributed by atoms with van der Waals surface area (Å²) < 4.78 is 37.6. The number of aliphatic hydroxyl groups excluding tert-OH is 2. The smallest absolute Gasteiger partial charge is 0.394 e. The van der Waals surface area contributed by atoms with Crippen LogP contribution in [0.1, 0.15) is 19.2 Å². The van der Waals surface area contributed by atoms with Gasteiger partial charge in [-0.15, -0.1) is 0 Å². The molecule has 0 aliphatic rings. The highest BCUT2D eigenvalue weighted by Gasteiger charge is 2.36. The Morgan fingerprint density at radius 3 is 2.26 bits per heavy atom. The summed E-state index contributed by atoms with van der Waals surface area (Å²) in [5.74, 6) is -1.94. The lowest BCUT2D eigenvalue weighted by molar-refractivity contribution is -0.144. The van der Waals surface area contributed by atoms with Crippen molar-refractivity contribution in [1.29, 1.82) is 0 Å². The maximum Gasteiger partial charge on any atom is 0.451 e. The number of nitrogens with two attached hydrogens (primary N) is 1. The summed E-state index contributed by atoms with van der Waals surface area (Å²) in [6.45, 7) is 0.727. The molecule has 0 amide bonds. The van der Waals surface area contributed by atoms with Crippen molar-refractivity contribution in [2.75, 3.05) is 24.3 Å². The van der Waals surface area contributed by atoms with Gasteiger partial charge in [-0.1, -0.05) is 6.92 Å². The Balaban J connectivity index is 3.11. The predicted octanol–water partition coefficient (Wildman–Crippen LogP) is 0.623. The lowest BCUT2D eigenvalue weighted by atomic mass is 9.98. The average Bonchev–Trinajstić information content (AvgIpc) is 2.34. The number of hydrogen-bond acceptors (Lipinski definition) is 6. The molecule has 1 rings (SSSR count). The van der Waals surface area contributed by atoms with Crippen molar-refractivity contribution in [2.24, 2.45) is 0 Å². The van der Waals surface area contributed by atoms with Crippen molar-refractivity contribution in [2.45, 2.75) is 25.1 Å². The van der Waals surface area contributed by atoms with Gasteiger partial charge in [-0.25, -0.2) is 9.97 Å². The SMILES string of the molecule is CCC(CO)(CO)Nc1cc(N)nc(C(F)(F)F)n1. The van der Waals surface area contributed by atoms with Crippen LogP contribution in [0.4, 0.5) is 24.8 Å². The maximum absolute atomic E-state index is 12.5. The van der Waals surface area contributed by atoms with Gasteiger partial charge in [0.2, 0.25) is 5.82 Å². The first-order chi connectivity index (χ1) is 8.76. The molecule has 9 heteroatoms. The zero-order valence-electron chi connectivity index (χ0n) is 10.2. The van der Waals surface area contributed by atoms with E-state index in [1.165, 1.54) is 0 Å². The van der Waals surface area contributed by atoms with Gasteiger partial charge in [-0.2, -0.15) is 13.2 Å². The van der Waals surface area contributed by atoms with Gasteiger partial charge < -0.3 is 21.3 Å². The van der Waals surface area contributed by atoms with E-state index in [0.29, 0.717) is 0 Å². The molecule has 0 fully saturated rings. The third-order valence-corrected chi connectivity index (χ3v) is 2.67. The molecule has 5 N–H and O–H groups in total. The second kappa shape index (κ2) is 5.57. The van der Waals surface area contributed by atoms with Crippen molar-refractivity contribution >= 4 is 11.6 Å². The normalized spacial score (nSPS) is 12.5. The molecular weight excluding hydrogens is 265 g/mol. The number of nitrogens with zero attached hydrogens (tertiary/aromatic N) is 2. The highest BCUT2D eigenvalue weighted by molar-refractivity contribution is 5.46. The number of halogens is 3. The summed E-state index contributed by atoms with van der Waals surface area (Å²) in [5.41, 5.74) is 4.12. The molecule has 0 aliphatic carbocycles. The number of rotatable bonds is 5. The van der Waals surface area contributed by atoms with Gasteiger partial charge in [-0.3, -0.25) is 0 Å². The Bertz CT molecular complexity index is 427. The minimum absolute atomic E-state index is 0.204. The third kappa shape index (κ3) is 3.67. The number of nitrogens with one attached hydrogen (secondary N) is 1. The van der Waals surface area contributed by atoms with Crippen LogP contribution in [0.15, 0.2) is 6.07 Å². The van der Waals surface area contributed by atoms with Crippen LogP contribution in [-0.4, -0.2) is 38.9 Å². The first-order valence-corrected chi connectivity index (χ1v) is 5.48. The molecule has 0 saturated carbocycles. The van der Waals surface area contributed by atoms with Crippen LogP contribution in [0.2, 0.25) is 0 Å². The lowest BCUT2D eigenvalue weighted by Gasteiger charge is -2.30. The van der Waals surface area contributed by atoms with E-state index in [2.05, 4.69) is 15.3 Å². The van der Waals surface area contributed by atoms with Gasteiger partial charge in [0.15, 0.2) is 0 Å². The first kappa shape index (κ1) is 15.4. The van der Waals surface area contributed by atoms with Gasteiger partial charge in [0.1, 0.15) is 11.6 Å². The van der Waals surface area contributed by atoms with Gasteiger partial charge in [0.05, 0.1) is 18.8 Å². The van der Waals surface area contributed by atoms with E-state index in [1.807, 2.05) is 0 Å². The zero-order valence-corrected chi connectivity index (χ0v) is 10.2. The van der Waals surface area contributed by atoms with Crippen LogP contribution in [0.25, 0.3) is 0 Å². The molecule has 0 aliphatic heterocycles. The number of nitrogen functional groups attached to an aromatic ring is 1. The molecule has 0 unspecified atom stereocenters. The molecule has 1 aromatic rings. The van der Waals surface area contributed by atoms with Gasteiger partial charge in [0, 0.05) is 6.07 Å². The van der Waals surface area contributed by atoms with E-state index < -0.39 is 30.8 Å². The van der Waals surface area contributed by atoms with Gasteiger partial charge in [-0.05, 0) is 6.42 Å². The molecule has 1 heterocycles. The highest BCUT2D eigenvalue weighted by atomic mass is 19.4. The summed E-state index contributed by atoms with van der Waals surface area (Å²) in [5, 5.41) is 21.0. The second-order valence-corrected chi connectivity index (χ2v) is 4.07. The van der Waals surface area contributed by atoms with Gasteiger partial charge >= 0.3 is 6.18 Å². The van der Waals surface area contributed by atoms with Crippen LogP contribution in [0.3, 0.4) is 0 Å². The fourth-order valence-electron chi connectivity index (χ4n) is 1.37. The summed E-state index contributed by atoms with van der Waals surface area (Å²) in [4.78, 5) is 6.37. The minimum atomic E-state index is -4.72.